The van der Waals surface area contributed by atoms with Gasteiger partial charge in [-0.3, -0.25) is 9.59 Å². The van der Waals surface area contributed by atoms with Crippen LogP contribution in [0.25, 0.3) is 5.57 Å². The Bertz CT molecular complexity index is 1180. The smallest absolute Gasteiger partial charge is 0.282 e. The van der Waals surface area contributed by atoms with Crippen LogP contribution in [0.15, 0.2) is 78.5 Å². The number of aryl methyl sites for hydroxylation is 1. The second-order valence-electron chi connectivity index (χ2n) is 7.29. The number of imide groups is 1. The lowest BCUT2D eigenvalue weighted by Gasteiger charge is -2.17. The van der Waals surface area contributed by atoms with Crippen LogP contribution in [-0.2, 0) is 9.59 Å². The number of anilines is 2. The lowest BCUT2D eigenvalue weighted by Crippen LogP contribution is -2.33. The first-order valence-corrected chi connectivity index (χ1v) is 10.4. The predicted molar refractivity (Wildman–Crippen MR) is 125 cm³/mol. The molecule has 6 heteroatoms. The molecule has 162 valence electrons. The average molecular weight is 428 g/mol. The van der Waals surface area contributed by atoms with Gasteiger partial charge < -0.3 is 14.8 Å². The first-order valence-electron chi connectivity index (χ1n) is 10.4. The van der Waals surface area contributed by atoms with E-state index in [0.717, 1.165) is 5.56 Å². The number of hydrogen-bond donors (Lipinski definition) is 1. The molecule has 6 nitrogen and oxygen atoms in total. The highest BCUT2D eigenvalue weighted by molar-refractivity contribution is 6.46. The van der Waals surface area contributed by atoms with Crippen LogP contribution >= 0.6 is 0 Å². The lowest BCUT2D eigenvalue weighted by atomic mass is 10.0. The summed E-state index contributed by atoms with van der Waals surface area (Å²) in [6, 6.07) is 21.7. The number of methoxy groups -OCH3 is 1. The van der Waals surface area contributed by atoms with Gasteiger partial charge in [-0.1, -0.05) is 30.3 Å². The molecule has 1 aliphatic rings. The summed E-state index contributed by atoms with van der Waals surface area (Å²) in [5.74, 6) is 0.633. The minimum Gasteiger partial charge on any atom is -0.497 e. The number of benzene rings is 3. The minimum atomic E-state index is -0.399. The molecule has 0 saturated heterocycles. The maximum Gasteiger partial charge on any atom is 0.282 e. The molecule has 0 atom stereocenters. The summed E-state index contributed by atoms with van der Waals surface area (Å²) in [6.45, 7) is 4.33. The molecular formula is C26H24N2O4. The van der Waals surface area contributed by atoms with Crippen LogP contribution in [0.1, 0.15) is 18.1 Å². The van der Waals surface area contributed by atoms with Gasteiger partial charge in [0, 0.05) is 5.69 Å². The van der Waals surface area contributed by atoms with E-state index in [0.29, 0.717) is 40.6 Å². The fraction of sp³-hybridized carbons (Fsp3) is 0.154. The molecule has 4 rings (SSSR count). The Kier molecular flexibility index (Phi) is 5.94. The molecule has 0 spiro atoms. The molecule has 1 heterocycles. The van der Waals surface area contributed by atoms with Gasteiger partial charge in [0.15, 0.2) is 0 Å². The first-order chi connectivity index (χ1) is 15.5. The lowest BCUT2D eigenvalue weighted by molar-refractivity contribution is -0.120. The number of ether oxygens (including phenoxy) is 2. The number of hydrogen-bond acceptors (Lipinski definition) is 5. The summed E-state index contributed by atoms with van der Waals surface area (Å²) < 4.78 is 10.7. The van der Waals surface area contributed by atoms with Crippen molar-refractivity contribution in [2.45, 2.75) is 13.8 Å². The molecule has 2 amide bonds. The number of carbonyl (C=O) groups is 2. The third-order valence-electron chi connectivity index (χ3n) is 5.25. The van der Waals surface area contributed by atoms with Crippen molar-refractivity contribution < 1.29 is 19.1 Å². The van der Waals surface area contributed by atoms with Crippen molar-refractivity contribution in [3.05, 3.63) is 89.6 Å². The molecule has 0 saturated carbocycles. The normalized spacial score (nSPS) is 13.5. The van der Waals surface area contributed by atoms with E-state index in [1.807, 2.05) is 32.0 Å². The summed E-state index contributed by atoms with van der Waals surface area (Å²) in [6.07, 6.45) is 0. The van der Waals surface area contributed by atoms with E-state index in [2.05, 4.69) is 5.32 Å². The van der Waals surface area contributed by atoms with Gasteiger partial charge in [0.05, 0.1) is 25.0 Å². The Morgan fingerprint density at radius 2 is 1.50 bits per heavy atom. The van der Waals surface area contributed by atoms with Gasteiger partial charge in [-0.2, -0.15) is 0 Å². The van der Waals surface area contributed by atoms with E-state index < -0.39 is 5.91 Å². The van der Waals surface area contributed by atoms with Gasteiger partial charge in [0.2, 0.25) is 0 Å². The summed E-state index contributed by atoms with van der Waals surface area (Å²) >= 11 is 0. The first kappa shape index (κ1) is 21.2. The van der Waals surface area contributed by atoms with Crippen molar-refractivity contribution in [3.8, 4) is 11.5 Å². The summed E-state index contributed by atoms with van der Waals surface area (Å²) in [4.78, 5) is 28.3. The van der Waals surface area contributed by atoms with E-state index in [1.54, 1.807) is 61.7 Å². The minimum absolute atomic E-state index is 0.229. The zero-order valence-corrected chi connectivity index (χ0v) is 18.2. The largest absolute Gasteiger partial charge is 0.497 e. The van der Waals surface area contributed by atoms with E-state index in [-0.39, 0.29) is 11.6 Å². The quantitative estimate of drug-likeness (QED) is 0.548. The highest BCUT2D eigenvalue weighted by Gasteiger charge is 2.40. The Morgan fingerprint density at radius 1 is 0.844 bits per heavy atom. The maximum absolute atomic E-state index is 13.5. The van der Waals surface area contributed by atoms with Crippen LogP contribution in [0, 0.1) is 6.92 Å². The van der Waals surface area contributed by atoms with E-state index >= 15 is 0 Å². The van der Waals surface area contributed by atoms with Crippen LogP contribution in [-0.4, -0.2) is 25.5 Å². The van der Waals surface area contributed by atoms with Crippen molar-refractivity contribution in [2.24, 2.45) is 0 Å². The van der Waals surface area contributed by atoms with Crippen molar-refractivity contribution in [2.75, 3.05) is 23.9 Å². The highest BCUT2D eigenvalue weighted by Crippen LogP contribution is 2.35. The third-order valence-corrected chi connectivity index (χ3v) is 5.25. The molecule has 0 aliphatic carbocycles. The van der Waals surface area contributed by atoms with Crippen molar-refractivity contribution in [1.82, 2.24) is 0 Å². The molecule has 0 fully saturated rings. The zero-order valence-electron chi connectivity index (χ0n) is 18.2. The molecular weight excluding hydrogens is 404 g/mol. The maximum atomic E-state index is 13.5. The molecule has 32 heavy (non-hydrogen) atoms. The van der Waals surface area contributed by atoms with E-state index in [1.165, 1.54) is 4.90 Å². The summed E-state index contributed by atoms with van der Waals surface area (Å²) in [7, 11) is 1.59. The van der Waals surface area contributed by atoms with Crippen LogP contribution < -0.4 is 19.7 Å². The van der Waals surface area contributed by atoms with Crippen LogP contribution in [0.4, 0.5) is 11.4 Å². The summed E-state index contributed by atoms with van der Waals surface area (Å²) in [5.41, 5.74) is 3.27. The van der Waals surface area contributed by atoms with E-state index in [9.17, 15) is 9.59 Å². The van der Waals surface area contributed by atoms with Crippen LogP contribution in [0.5, 0.6) is 11.5 Å². The van der Waals surface area contributed by atoms with Gasteiger partial charge in [-0.15, -0.1) is 0 Å². The molecule has 0 aromatic heterocycles. The van der Waals surface area contributed by atoms with Crippen LogP contribution in [0.2, 0.25) is 0 Å². The Hall–Kier alpha value is -4.06. The van der Waals surface area contributed by atoms with Gasteiger partial charge in [-0.25, -0.2) is 4.90 Å². The SMILES string of the molecule is CCOc1ccc(C2=C(Nc3ccc(OC)cc3)C(=O)N(c3ccccc3C)C2=O)cc1. The number of nitrogens with one attached hydrogen (secondary N) is 1. The third kappa shape index (κ3) is 3.95. The molecule has 3 aromatic rings. The highest BCUT2D eigenvalue weighted by atomic mass is 16.5. The Balaban J connectivity index is 1.78. The topological polar surface area (TPSA) is 67.9 Å². The number of para-hydroxylation sites is 1. The van der Waals surface area contributed by atoms with Crippen molar-refractivity contribution in [1.29, 1.82) is 0 Å². The van der Waals surface area contributed by atoms with Gasteiger partial charge in [0.1, 0.15) is 17.2 Å². The standard InChI is InChI=1S/C26H24N2O4/c1-4-32-21-13-9-18(10-14-21)23-24(27-19-11-15-20(31-3)16-12-19)26(30)28(25(23)29)22-8-6-5-7-17(22)2/h5-16,27H,4H2,1-3H3. The second-order valence-corrected chi connectivity index (χ2v) is 7.29. The zero-order chi connectivity index (χ0) is 22.7. The van der Waals surface area contributed by atoms with Crippen molar-refractivity contribution in [3.63, 3.8) is 0 Å². The van der Waals surface area contributed by atoms with Crippen LogP contribution in [0.3, 0.4) is 0 Å². The van der Waals surface area contributed by atoms with Gasteiger partial charge >= 0.3 is 0 Å². The Morgan fingerprint density at radius 3 is 2.12 bits per heavy atom. The Labute approximate surface area is 187 Å². The second kappa shape index (κ2) is 8.98. The number of nitrogens with zero attached hydrogens (tertiary/aromatic N) is 1. The summed E-state index contributed by atoms with van der Waals surface area (Å²) in [5, 5.41) is 3.16. The van der Waals surface area contributed by atoms with Gasteiger partial charge in [0.25, 0.3) is 11.8 Å². The fourth-order valence-electron chi connectivity index (χ4n) is 3.65. The van der Waals surface area contributed by atoms with Gasteiger partial charge in [-0.05, 0) is 67.4 Å². The molecule has 0 unspecified atom stereocenters. The van der Waals surface area contributed by atoms with E-state index in [4.69, 9.17) is 9.47 Å². The number of rotatable bonds is 7. The fourth-order valence-corrected chi connectivity index (χ4v) is 3.65. The van der Waals surface area contributed by atoms with Crippen molar-refractivity contribution >= 4 is 28.8 Å². The molecule has 3 aromatic carbocycles. The predicted octanol–water partition coefficient (Wildman–Crippen LogP) is 4.80. The number of amides is 2. The average Bonchev–Trinajstić information content (AvgIpc) is 3.05. The molecule has 1 aliphatic heterocycles. The number of carbonyl (C=O) groups excluding carboxylic acids is 2. The molecule has 1 N–H and O–H groups in total. The molecule has 0 radical (unpaired) electrons. The monoisotopic (exact) mass is 428 g/mol. The molecule has 0 bridgehead atoms.